The fourth-order valence-corrected chi connectivity index (χ4v) is 3.63. The van der Waals surface area contributed by atoms with E-state index >= 15 is 0 Å². The lowest BCUT2D eigenvalue weighted by atomic mass is 9.74. The van der Waals surface area contributed by atoms with Crippen LogP contribution in [0.3, 0.4) is 0 Å². The van der Waals surface area contributed by atoms with Gasteiger partial charge in [0.25, 0.3) is 0 Å². The molecule has 3 N–H and O–H groups in total. The van der Waals surface area contributed by atoms with Crippen molar-refractivity contribution >= 4 is 11.7 Å². The molecule has 0 spiro atoms. The molecule has 1 unspecified atom stereocenters. The van der Waals surface area contributed by atoms with Gasteiger partial charge >= 0.3 is 0 Å². The first kappa shape index (κ1) is 21.1. The number of carbonyl (C=O) groups is 2. The van der Waals surface area contributed by atoms with E-state index in [0.29, 0.717) is 6.54 Å². The van der Waals surface area contributed by atoms with Crippen LogP contribution in [-0.2, 0) is 9.59 Å². The highest BCUT2D eigenvalue weighted by atomic mass is 16.2. The lowest BCUT2D eigenvalue weighted by Crippen LogP contribution is -2.48. The van der Waals surface area contributed by atoms with Gasteiger partial charge in [0.2, 0.25) is 5.91 Å². The molecule has 0 saturated carbocycles. The van der Waals surface area contributed by atoms with Crippen molar-refractivity contribution in [3.05, 3.63) is 0 Å². The van der Waals surface area contributed by atoms with E-state index in [1.165, 1.54) is 44.9 Å². The van der Waals surface area contributed by atoms with Crippen LogP contribution in [0, 0.1) is 11.3 Å². The molecular formula is C20H38N2O2. The van der Waals surface area contributed by atoms with Gasteiger partial charge in [0.15, 0.2) is 0 Å². The molecule has 1 heterocycles. The minimum absolute atomic E-state index is 0.172. The normalized spacial score (nSPS) is 22.1. The first-order valence-corrected chi connectivity index (χ1v) is 9.97. The SMILES string of the molecule is CCCCCCCCCCC(C)(C)C(=O)C1CCCNC(=O)[C@@H]1N. The van der Waals surface area contributed by atoms with Gasteiger partial charge in [-0.25, -0.2) is 0 Å². The van der Waals surface area contributed by atoms with Crippen LogP contribution in [0.2, 0.25) is 0 Å². The van der Waals surface area contributed by atoms with E-state index in [-0.39, 0.29) is 23.0 Å². The van der Waals surface area contributed by atoms with Crippen LogP contribution in [0.1, 0.15) is 91.4 Å². The van der Waals surface area contributed by atoms with E-state index in [1.54, 1.807) is 0 Å². The van der Waals surface area contributed by atoms with E-state index in [4.69, 9.17) is 5.73 Å². The van der Waals surface area contributed by atoms with Crippen molar-refractivity contribution in [3.8, 4) is 0 Å². The Morgan fingerprint density at radius 1 is 1.12 bits per heavy atom. The van der Waals surface area contributed by atoms with Crippen LogP contribution in [0.4, 0.5) is 0 Å². The van der Waals surface area contributed by atoms with Gasteiger partial charge in [-0.05, 0) is 19.3 Å². The molecule has 0 radical (unpaired) electrons. The Morgan fingerprint density at radius 3 is 2.33 bits per heavy atom. The zero-order valence-corrected chi connectivity index (χ0v) is 16.0. The fraction of sp³-hybridized carbons (Fsp3) is 0.900. The molecule has 1 aliphatic rings. The molecule has 0 aromatic rings. The van der Waals surface area contributed by atoms with Gasteiger partial charge in [-0.2, -0.15) is 0 Å². The van der Waals surface area contributed by atoms with Crippen LogP contribution >= 0.6 is 0 Å². The van der Waals surface area contributed by atoms with Crippen molar-refractivity contribution in [2.24, 2.45) is 17.1 Å². The predicted molar refractivity (Wildman–Crippen MR) is 99.7 cm³/mol. The minimum Gasteiger partial charge on any atom is -0.355 e. The smallest absolute Gasteiger partial charge is 0.237 e. The van der Waals surface area contributed by atoms with Crippen molar-refractivity contribution < 1.29 is 9.59 Å². The number of Topliss-reactive ketones (excluding diaryl/α,β-unsaturated/α-hetero) is 1. The standard InChI is InChI=1S/C20H38N2O2/c1-4-5-6-7-8-9-10-11-14-20(2,3)18(23)16-13-12-15-22-19(24)17(16)21/h16-17H,4-15,21H2,1-3H3,(H,22,24)/t16?,17-/m1/s1. The molecule has 0 aromatic carbocycles. The molecule has 1 aliphatic heterocycles. The Bertz CT molecular complexity index is 393. The summed E-state index contributed by atoms with van der Waals surface area (Å²) in [6.07, 6.45) is 12.6. The van der Waals surface area contributed by atoms with Gasteiger partial charge < -0.3 is 11.1 Å². The van der Waals surface area contributed by atoms with Crippen LogP contribution in [-0.4, -0.2) is 24.3 Å². The van der Waals surface area contributed by atoms with Crippen molar-refractivity contribution in [1.82, 2.24) is 5.32 Å². The van der Waals surface area contributed by atoms with Crippen LogP contribution in [0.5, 0.6) is 0 Å². The summed E-state index contributed by atoms with van der Waals surface area (Å²) in [6, 6.07) is -0.683. The quantitative estimate of drug-likeness (QED) is 0.560. The third-order valence-corrected chi connectivity index (χ3v) is 5.39. The Labute approximate surface area is 148 Å². The molecule has 2 atom stereocenters. The Balaban J connectivity index is 2.35. The van der Waals surface area contributed by atoms with Crippen LogP contribution in [0.25, 0.3) is 0 Å². The average molecular weight is 339 g/mol. The van der Waals surface area contributed by atoms with E-state index < -0.39 is 6.04 Å². The maximum absolute atomic E-state index is 12.9. The molecule has 140 valence electrons. The zero-order chi connectivity index (χ0) is 18.0. The molecule has 0 bridgehead atoms. The predicted octanol–water partition coefficient (Wildman–Crippen LogP) is 3.97. The summed E-state index contributed by atoms with van der Waals surface area (Å²) in [6.45, 7) is 6.91. The second-order valence-electron chi connectivity index (χ2n) is 8.04. The maximum Gasteiger partial charge on any atom is 0.237 e. The lowest BCUT2D eigenvalue weighted by molar-refractivity contribution is -0.135. The number of amides is 1. The molecule has 4 nitrogen and oxygen atoms in total. The highest BCUT2D eigenvalue weighted by Crippen LogP contribution is 2.31. The lowest BCUT2D eigenvalue weighted by Gasteiger charge is -2.30. The van der Waals surface area contributed by atoms with Gasteiger partial charge in [-0.15, -0.1) is 0 Å². The Hall–Kier alpha value is -0.900. The average Bonchev–Trinajstić information content (AvgIpc) is 2.71. The highest BCUT2D eigenvalue weighted by Gasteiger charge is 2.39. The van der Waals surface area contributed by atoms with E-state index in [1.807, 2.05) is 13.8 Å². The second kappa shape index (κ2) is 10.9. The minimum atomic E-state index is -0.683. The van der Waals surface area contributed by atoms with E-state index in [9.17, 15) is 9.59 Å². The number of carbonyl (C=O) groups excluding carboxylic acids is 2. The van der Waals surface area contributed by atoms with Crippen molar-refractivity contribution in [2.75, 3.05) is 6.54 Å². The molecule has 1 amide bonds. The number of hydrogen-bond acceptors (Lipinski definition) is 3. The number of hydrogen-bond donors (Lipinski definition) is 2. The van der Waals surface area contributed by atoms with Gasteiger partial charge in [-0.3, -0.25) is 9.59 Å². The Morgan fingerprint density at radius 2 is 1.71 bits per heavy atom. The molecule has 1 fully saturated rings. The highest BCUT2D eigenvalue weighted by molar-refractivity contribution is 5.93. The number of nitrogens with two attached hydrogens (primary N) is 1. The second-order valence-corrected chi connectivity index (χ2v) is 8.04. The molecule has 0 aliphatic carbocycles. The fourth-order valence-electron chi connectivity index (χ4n) is 3.63. The van der Waals surface area contributed by atoms with Crippen molar-refractivity contribution in [1.29, 1.82) is 0 Å². The molecular weight excluding hydrogens is 300 g/mol. The van der Waals surface area contributed by atoms with Gasteiger partial charge in [0, 0.05) is 17.9 Å². The zero-order valence-electron chi connectivity index (χ0n) is 16.0. The first-order valence-electron chi connectivity index (χ1n) is 9.97. The molecule has 4 heteroatoms. The first-order chi connectivity index (χ1) is 11.4. The molecule has 1 saturated heterocycles. The molecule has 0 aromatic heterocycles. The number of ketones is 1. The monoisotopic (exact) mass is 338 g/mol. The third kappa shape index (κ3) is 6.92. The van der Waals surface area contributed by atoms with Crippen molar-refractivity contribution in [2.45, 2.75) is 97.4 Å². The summed E-state index contributed by atoms with van der Waals surface area (Å²) in [7, 11) is 0. The molecule has 24 heavy (non-hydrogen) atoms. The summed E-state index contributed by atoms with van der Waals surface area (Å²) in [5.41, 5.74) is 5.64. The maximum atomic E-state index is 12.9. The number of rotatable bonds is 11. The number of nitrogens with one attached hydrogen (secondary N) is 1. The molecule has 1 rings (SSSR count). The van der Waals surface area contributed by atoms with E-state index in [0.717, 1.165) is 25.7 Å². The van der Waals surface area contributed by atoms with Crippen LogP contribution in [0.15, 0.2) is 0 Å². The van der Waals surface area contributed by atoms with Crippen LogP contribution < -0.4 is 11.1 Å². The van der Waals surface area contributed by atoms with Gasteiger partial charge in [0.1, 0.15) is 5.78 Å². The van der Waals surface area contributed by atoms with E-state index in [2.05, 4.69) is 12.2 Å². The number of unbranched alkanes of at least 4 members (excludes halogenated alkanes) is 7. The largest absolute Gasteiger partial charge is 0.355 e. The van der Waals surface area contributed by atoms with Crippen molar-refractivity contribution in [3.63, 3.8) is 0 Å². The summed E-state index contributed by atoms with van der Waals surface area (Å²) < 4.78 is 0. The summed E-state index contributed by atoms with van der Waals surface area (Å²) in [5.74, 6) is -0.319. The van der Waals surface area contributed by atoms with Gasteiger partial charge in [0.05, 0.1) is 6.04 Å². The summed E-state index contributed by atoms with van der Waals surface area (Å²) >= 11 is 0. The summed E-state index contributed by atoms with van der Waals surface area (Å²) in [5, 5.41) is 2.80. The van der Waals surface area contributed by atoms with Gasteiger partial charge in [-0.1, -0.05) is 72.1 Å². The summed E-state index contributed by atoms with van der Waals surface area (Å²) in [4.78, 5) is 24.8. The Kier molecular flexibility index (Phi) is 9.57. The topological polar surface area (TPSA) is 72.2 Å². The third-order valence-electron chi connectivity index (χ3n) is 5.39.